The normalized spacial score (nSPS) is 55.0. The molecule has 0 saturated heterocycles. The average molecular weight is 348 g/mol. The van der Waals surface area contributed by atoms with Gasteiger partial charge in [-0.3, -0.25) is 4.79 Å². The van der Waals surface area contributed by atoms with Gasteiger partial charge in [-0.25, -0.2) is 0 Å². The monoisotopic (exact) mass is 348 g/mol. The first-order valence-electron chi connectivity index (χ1n) is 10.00. The van der Waals surface area contributed by atoms with Crippen LogP contribution in [-0.4, -0.2) is 39.9 Å². The number of fused-ring (bicyclic) bond motifs is 3. The molecule has 0 aromatic carbocycles. The van der Waals surface area contributed by atoms with Crippen LogP contribution >= 0.6 is 0 Å². The lowest BCUT2D eigenvalue weighted by molar-refractivity contribution is -0.241. The maximum atomic E-state index is 13.2. The van der Waals surface area contributed by atoms with E-state index in [0.29, 0.717) is 12.0 Å². The van der Waals surface area contributed by atoms with Gasteiger partial charge in [0.2, 0.25) is 0 Å². The van der Waals surface area contributed by atoms with E-state index in [1.165, 1.54) is 0 Å². The van der Waals surface area contributed by atoms with Gasteiger partial charge in [0, 0.05) is 17.9 Å². The Bertz CT molecular complexity index is 615. The molecule has 4 rings (SSSR count). The van der Waals surface area contributed by atoms with Gasteiger partial charge in [0.1, 0.15) is 0 Å². The molecule has 0 aliphatic heterocycles. The molecule has 4 saturated carbocycles. The van der Waals surface area contributed by atoms with E-state index in [1.807, 2.05) is 0 Å². The summed E-state index contributed by atoms with van der Waals surface area (Å²) in [6.07, 6.45) is 4.40. The molecule has 140 valence electrons. The molecule has 4 heteroatoms. The van der Waals surface area contributed by atoms with E-state index < -0.39 is 17.6 Å². The number of hydrogen-bond donors (Lipinski definition) is 3. The van der Waals surface area contributed by atoms with Crippen molar-refractivity contribution in [1.29, 1.82) is 0 Å². The SMILES string of the molecule is C=C1C(=O)[C@@]23[C@H](O)C[C@@H]4[C@@](C)(CC)CCC[C@@]4(CO)[C@@H]2CC[C@@H]1[C@H]3O. The minimum atomic E-state index is -1.13. The van der Waals surface area contributed by atoms with E-state index >= 15 is 0 Å². The molecule has 4 aliphatic carbocycles. The third-order valence-corrected chi connectivity index (χ3v) is 9.08. The third kappa shape index (κ3) is 1.81. The smallest absolute Gasteiger partial charge is 0.170 e. The number of carbonyl (C=O) groups is 1. The zero-order valence-electron chi connectivity index (χ0n) is 15.5. The molecule has 4 fully saturated rings. The van der Waals surface area contributed by atoms with Crippen LogP contribution in [0.25, 0.3) is 0 Å². The summed E-state index contributed by atoms with van der Waals surface area (Å²) in [4.78, 5) is 13.2. The summed E-state index contributed by atoms with van der Waals surface area (Å²) in [6.45, 7) is 8.48. The number of Topliss-reactive ketones (excluding diaryl/α,β-unsaturated/α-hetero) is 1. The van der Waals surface area contributed by atoms with Crippen LogP contribution in [0.4, 0.5) is 0 Å². The summed E-state index contributed by atoms with van der Waals surface area (Å²) in [7, 11) is 0. The Balaban J connectivity index is 1.89. The van der Waals surface area contributed by atoms with Crippen molar-refractivity contribution in [3.05, 3.63) is 12.2 Å². The Kier molecular flexibility index (Phi) is 3.82. The van der Waals surface area contributed by atoms with E-state index in [9.17, 15) is 20.1 Å². The van der Waals surface area contributed by atoms with Crippen LogP contribution in [0.3, 0.4) is 0 Å². The van der Waals surface area contributed by atoms with Crippen molar-refractivity contribution in [2.24, 2.45) is 34.0 Å². The Morgan fingerprint density at radius 1 is 1.20 bits per heavy atom. The third-order valence-electron chi connectivity index (χ3n) is 9.08. The van der Waals surface area contributed by atoms with Gasteiger partial charge in [-0.05, 0) is 54.9 Å². The minimum Gasteiger partial charge on any atom is -0.396 e. The van der Waals surface area contributed by atoms with Crippen LogP contribution < -0.4 is 0 Å². The number of rotatable bonds is 2. The fourth-order valence-electron chi connectivity index (χ4n) is 7.67. The van der Waals surface area contributed by atoms with Gasteiger partial charge >= 0.3 is 0 Å². The van der Waals surface area contributed by atoms with E-state index in [1.54, 1.807) is 0 Å². The van der Waals surface area contributed by atoms with Crippen molar-refractivity contribution in [2.45, 2.75) is 71.0 Å². The van der Waals surface area contributed by atoms with Crippen molar-refractivity contribution >= 4 is 5.78 Å². The summed E-state index contributed by atoms with van der Waals surface area (Å²) in [6, 6.07) is 0. The molecule has 3 N–H and O–H groups in total. The molecule has 4 aliphatic rings. The second kappa shape index (κ2) is 5.40. The Morgan fingerprint density at radius 2 is 1.92 bits per heavy atom. The predicted molar refractivity (Wildman–Crippen MR) is 94.7 cm³/mol. The zero-order valence-corrected chi connectivity index (χ0v) is 15.5. The average Bonchev–Trinajstić information content (AvgIpc) is 2.71. The molecule has 0 amide bonds. The molecule has 0 radical (unpaired) electrons. The van der Waals surface area contributed by atoms with Gasteiger partial charge < -0.3 is 15.3 Å². The van der Waals surface area contributed by atoms with Crippen LogP contribution in [0.2, 0.25) is 0 Å². The van der Waals surface area contributed by atoms with E-state index in [-0.39, 0.29) is 41.0 Å². The number of carbonyl (C=O) groups excluding carboxylic acids is 1. The van der Waals surface area contributed by atoms with Crippen molar-refractivity contribution in [1.82, 2.24) is 0 Å². The number of aliphatic hydroxyl groups is 3. The molecule has 2 bridgehead atoms. The van der Waals surface area contributed by atoms with Crippen LogP contribution in [0.1, 0.15) is 58.8 Å². The van der Waals surface area contributed by atoms with Crippen molar-refractivity contribution < 1.29 is 20.1 Å². The van der Waals surface area contributed by atoms with Gasteiger partial charge in [0.15, 0.2) is 5.78 Å². The van der Waals surface area contributed by atoms with Gasteiger partial charge in [0.05, 0.1) is 17.6 Å². The summed E-state index contributed by atoms with van der Waals surface area (Å²) >= 11 is 0. The molecule has 4 nitrogen and oxygen atoms in total. The lowest BCUT2D eigenvalue weighted by Crippen LogP contribution is -2.68. The molecule has 0 unspecified atom stereocenters. The van der Waals surface area contributed by atoms with E-state index in [4.69, 9.17) is 0 Å². The summed E-state index contributed by atoms with van der Waals surface area (Å²) < 4.78 is 0. The van der Waals surface area contributed by atoms with Crippen molar-refractivity contribution in [2.75, 3.05) is 6.61 Å². The van der Waals surface area contributed by atoms with Crippen molar-refractivity contribution in [3.8, 4) is 0 Å². The van der Waals surface area contributed by atoms with Crippen LogP contribution in [0, 0.1) is 34.0 Å². The lowest BCUT2D eigenvalue weighted by Gasteiger charge is -2.66. The lowest BCUT2D eigenvalue weighted by atomic mass is 9.39. The highest BCUT2D eigenvalue weighted by molar-refractivity contribution is 6.04. The second-order valence-electron chi connectivity index (χ2n) is 9.53. The molecule has 25 heavy (non-hydrogen) atoms. The van der Waals surface area contributed by atoms with Gasteiger partial charge in [-0.15, -0.1) is 0 Å². The summed E-state index contributed by atoms with van der Waals surface area (Å²) in [5.74, 6) is -0.301. The number of hydrogen-bond acceptors (Lipinski definition) is 4. The Labute approximate surface area is 150 Å². The molecule has 0 aromatic rings. The second-order valence-corrected chi connectivity index (χ2v) is 9.53. The molecule has 0 heterocycles. The first-order chi connectivity index (χ1) is 11.8. The minimum absolute atomic E-state index is 0.0452. The topological polar surface area (TPSA) is 77.8 Å². The van der Waals surface area contributed by atoms with Gasteiger partial charge in [0.25, 0.3) is 0 Å². The molecule has 1 spiro atoms. The maximum Gasteiger partial charge on any atom is 0.170 e. The summed E-state index contributed by atoms with van der Waals surface area (Å²) in [5.41, 5.74) is -0.932. The van der Waals surface area contributed by atoms with Crippen LogP contribution in [0.5, 0.6) is 0 Å². The molecule has 8 atom stereocenters. The standard InChI is InChI=1S/C21H32O4/c1-4-19(3)8-5-9-20(11-22)14-7-6-13-12(2)17(24)21(14,18(13)25)16(23)10-15(19)20/h13-16,18,22-23,25H,2,4-11H2,1,3H3/t13-,14-,15+,16+,18+,19-,20+,21-/m0/s1. The molecular weight excluding hydrogens is 316 g/mol. The largest absolute Gasteiger partial charge is 0.396 e. The number of aliphatic hydroxyl groups excluding tert-OH is 3. The number of ketones is 1. The predicted octanol–water partition coefficient (Wildman–Crippen LogP) is 2.46. The Hall–Kier alpha value is -0.710. The summed E-state index contributed by atoms with van der Waals surface area (Å²) in [5, 5.41) is 32.9. The first kappa shape index (κ1) is 17.7. The van der Waals surface area contributed by atoms with Crippen molar-refractivity contribution in [3.63, 3.8) is 0 Å². The Morgan fingerprint density at radius 3 is 2.56 bits per heavy atom. The van der Waals surface area contributed by atoms with E-state index in [0.717, 1.165) is 38.5 Å². The van der Waals surface area contributed by atoms with Crippen LogP contribution in [0.15, 0.2) is 12.2 Å². The molecule has 0 aromatic heterocycles. The molecular formula is C21H32O4. The zero-order chi connectivity index (χ0) is 18.2. The van der Waals surface area contributed by atoms with Crippen LogP contribution in [-0.2, 0) is 4.79 Å². The highest BCUT2D eigenvalue weighted by Gasteiger charge is 2.74. The van der Waals surface area contributed by atoms with E-state index in [2.05, 4.69) is 20.4 Å². The quantitative estimate of drug-likeness (QED) is 0.670. The maximum absolute atomic E-state index is 13.2. The van der Waals surface area contributed by atoms with Gasteiger partial charge in [-0.1, -0.05) is 33.3 Å². The highest BCUT2D eigenvalue weighted by Crippen LogP contribution is 2.71. The van der Waals surface area contributed by atoms with Gasteiger partial charge in [-0.2, -0.15) is 0 Å². The first-order valence-corrected chi connectivity index (χ1v) is 10.00. The fraction of sp³-hybridized carbons (Fsp3) is 0.857. The highest BCUT2D eigenvalue weighted by atomic mass is 16.3. The fourth-order valence-corrected chi connectivity index (χ4v) is 7.67.